The summed E-state index contributed by atoms with van der Waals surface area (Å²) in [5, 5.41) is 14.0. The topological polar surface area (TPSA) is 107 Å². The fraction of sp³-hybridized carbons (Fsp3) is 0.304. The molecular formula is C23H25N7O2. The number of aryl methyl sites for hydroxylation is 5. The third-order valence-corrected chi connectivity index (χ3v) is 5.63. The minimum absolute atomic E-state index is 0.670. The minimum atomic E-state index is 0.670. The van der Waals surface area contributed by atoms with Gasteiger partial charge in [-0.15, -0.1) is 0 Å². The summed E-state index contributed by atoms with van der Waals surface area (Å²) < 4.78 is 13.1. The van der Waals surface area contributed by atoms with Crippen LogP contribution >= 0.6 is 0 Å². The smallest absolute Gasteiger partial charge is 0.145 e. The number of anilines is 2. The molecule has 4 aromatic heterocycles. The fourth-order valence-electron chi connectivity index (χ4n) is 4.27. The fourth-order valence-corrected chi connectivity index (χ4v) is 4.27. The molecule has 5 aromatic rings. The Balaban J connectivity index is 1.75. The van der Waals surface area contributed by atoms with E-state index in [1.165, 1.54) is 0 Å². The van der Waals surface area contributed by atoms with E-state index >= 15 is 0 Å². The van der Waals surface area contributed by atoms with Gasteiger partial charge in [-0.3, -0.25) is 0 Å². The van der Waals surface area contributed by atoms with Gasteiger partial charge in [-0.25, -0.2) is 14.6 Å². The van der Waals surface area contributed by atoms with Crippen LogP contribution in [0.25, 0.3) is 33.1 Å². The maximum atomic E-state index is 5.77. The van der Waals surface area contributed by atoms with Crippen LogP contribution in [0.1, 0.15) is 29.9 Å². The SMILES string of the molecule is CCn1nc(C)cc1Nc1nc(C)nc2[nH]c3cc(-c4c(C)noc4C)c(OC)cc3c12. The summed E-state index contributed by atoms with van der Waals surface area (Å²) >= 11 is 0. The van der Waals surface area contributed by atoms with Crippen LogP contribution in [0.2, 0.25) is 0 Å². The summed E-state index contributed by atoms with van der Waals surface area (Å²) in [7, 11) is 1.67. The van der Waals surface area contributed by atoms with E-state index in [-0.39, 0.29) is 0 Å². The molecule has 32 heavy (non-hydrogen) atoms. The van der Waals surface area contributed by atoms with E-state index in [4.69, 9.17) is 14.2 Å². The van der Waals surface area contributed by atoms with Crippen LogP contribution in [-0.4, -0.2) is 37.0 Å². The number of nitrogens with zero attached hydrogens (tertiary/aromatic N) is 5. The first-order valence-electron chi connectivity index (χ1n) is 10.5. The van der Waals surface area contributed by atoms with E-state index in [0.717, 1.165) is 74.1 Å². The summed E-state index contributed by atoms with van der Waals surface area (Å²) in [5.74, 6) is 3.76. The highest BCUT2D eigenvalue weighted by Crippen LogP contribution is 2.40. The average Bonchev–Trinajstić information content (AvgIpc) is 3.40. The van der Waals surface area contributed by atoms with Gasteiger partial charge in [-0.2, -0.15) is 5.10 Å². The number of H-pyrrole nitrogens is 1. The minimum Gasteiger partial charge on any atom is -0.496 e. The molecule has 0 bridgehead atoms. The standard InChI is InChI=1S/C23H25N7O2/c1-7-30-19(8-11(2)28-30)27-23-21-15-10-18(31-6)16(20-12(3)29-32-13(20)4)9-17(15)26-22(21)24-14(5)25-23/h8-10H,7H2,1-6H3,(H2,24,25,26,27). The maximum absolute atomic E-state index is 5.77. The lowest BCUT2D eigenvalue weighted by molar-refractivity contribution is 0.393. The van der Waals surface area contributed by atoms with Gasteiger partial charge in [0.15, 0.2) is 0 Å². The van der Waals surface area contributed by atoms with Gasteiger partial charge < -0.3 is 19.6 Å². The van der Waals surface area contributed by atoms with Gasteiger partial charge in [-0.1, -0.05) is 5.16 Å². The van der Waals surface area contributed by atoms with E-state index in [2.05, 4.69) is 38.5 Å². The first-order chi connectivity index (χ1) is 15.4. The predicted octanol–water partition coefficient (Wildman–Crippen LogP) is 4.97. The quantitative estimate of drug-likeness (QED) is 0.405. The van der Waals surface area contributed by atoms with Crippen molar-refractivity contribution < 1.29 is 9.26 Å². The van der Waals surface area contributed by atoms with Gasteiger partial charge in [0.05, 0.1) is 29.4 Å². The molecule has 0 fully saturated rings. The van der Waals surface area contributed by atoms with Crippen LogP contribution in [0, 0.1) is 27.7 Å². The van der Waals surface area contributed by atoms with Crippen molar-refractivity contribution in [1.82, 2.24) is 29.9 Å². The molecule has 0 amide bonds. The first-order valence-corrected chi connectivity index (χ1v) is 10.5. The van der Waals surface area contributed by atoms with Gasteiger partial charge in [0.2, 0.25) is 0 Å². The third-order valence-electron chi connectivity index (χ3n) is 5.63. The largest absolute Gasteiger partial charge is 0.496 e. The Morgan fingerprint density at radius 1 is 1.12 bits per heavy atom. The van der Waals surface area contributed by atoms with Crippen molar-refractivity contribution in [2.24, 2.45) is 0 Å². The predicted molar refractivity (Wildman–Crippen MR) is 124 cm³/mol. The zero-order chi connectivity index (χ0) is 22.6. The second-order valence-corrected chi connectivity index (χ2v) is 7.88. The number of benzene rings is 1. The molecule has 4 heterocycles. The molecule has 0 atom stereocenters. The molecule has 0 unspecified atom stereocenters. The van der Waals surface area contributed by atoms with Gasteiger partial charge in [0.1, 0.15) is 34.6 Å². The molecule has 2 N–H and O–H groups in total. The van der Waals surface area contributed by atoms with Gasteiger partial charge in [0, 0.05) is 29.1 Å². The third kappa shape index (κ3) is 3.08. The van der Waals surface area contributed by atoms with Crippen molar-refractivity contribution in [2.45, 2.75) is 41.2 Å². The molecule has 1 aromatic carbocycles. The van der Waals surface area contributed by atoms with Gasteiger partial charge in [0.25, 0.3) is 0 Å². The number of hydrogen-bond donors (Lipinski definition) is 2. The molecule has 9 heteroatoms. The molecule has 0 saturated carbocycles. The number of fused-ring (bicyclic) bond motifs is 3. The lowest BCUT2D eigenvalue weighted by atomic mass is 10.0. The second kappa shape index (κ2) is 7.37. The molecule has 0 spiro atoms. The van der Waals surface area contributed by atoms with E-state index in [1.807, 2.05) is 44.5 Å². The molecular weight excluding hydrogens is 406 g/mol. The number of aromatic amines is 1. The summed E-state index contributed by atoms with van der Waals surface area (Å²) in [4.78, 5) is 12.8. The number of nitrogens with one attached hydrogen (secondary N) is 2. The Morgan fingerprint density at radius 2 is 1.94 bits per heavy atom. The number of aromatic nitrogens is 6. The van der Waals surface area contributed by atoms with Crippen LogP contribution in [0.5, 0.6) is 5.75 Å². The van der Waals surface area contributed by atoms with Crippen LogP contribution in [-0.2, 0) is 6.54 Å². The summed E-state index contributed by atoms with van der Waals surface area (Å²) in [6.07, 6.45) is 0. The van der Waals surface area contributed by atoms with Crippen LogP contribution < -0.4 is 10.1 Å². The van der Waals surface area contributed by atoms with Crippen LogP contribution in [0.15, 0.2) is 22.7 Å². The second-order valence-electron chi connectivity index (χ2n) is 7.88. The number of methoxy groups -OCH3 is 1. The zero-order valence-electron chi connectivity index (χ0n) is 19.0. The Bertz CT molecular complexity index is 1460. The van der Waals surface area contributed by atoms with Crippen molar-refractivity contribution >= 4 is 33.6 Å². The van der Waals surface area contributed by atoms with E-state index < -0.39 is 0 Å². The zero-order valence-corrected chi connectivity index (χ0v) is 19.0. The van der Waals surface area contributed by atoms with E-state index in [0.29, 0.717) is 5.82 Å². The average molecular weight is 432 g/mol. The lowest BCUT2D eigenvalue weighted by Gasteiger charge is -2.11. The van der Waals surface area contributed by atoms with E-state index in [1.54, 1.807) is 7.11 Å². The maximum Gasteiger partial charge on any atom is 0.145 e. The molecule has 0 radical (unpaired) electrons. The summed E-state index contributed by atoms with van der Waals surface area (Å²) in [6, 6.07) is 6.08. The molecule has 9 nitrogen and oxygen atoms in total. The summed E-state index contributed by atoms with van der Waals surface area (Å²) in [6.45, 7) is 10.5. The monoisotopic (exact) mass is 431 g/mol. The van der Waals surface area contributed by atoms with Crippen molar-refractivity contribution in [3.8, 4) is 16.9 Å². The lowest BCUT2D eigenvalue weighted by Crippen LogP contribution is -2.05. The molecule has 0 aliphatic rings. The highest BCUT2D eigenvalue weighted by atomic mass is 16.5. The molecule has 5 rings (SSSR count). The first kappa shape index (κ1) is 20.0. The van der Waals surface area contributed by atoms with Crippen molar-refractivity contribution in [3.63, 3.8) is 0 Å². The highest BCUT2D eigenvalue weighted by Gasteiger charge is 2.21. The Morgan fingerprint density at radius 3 is 2.62 bits per heavy atom. The van der Waals surface area contributed by atoms with Crippen molar-refractivity contribution in [2.75, 3.05) is 12.4 Å². The summed E-state index contributed by atoms with van der Waals surface area (Å²) in [5.41, 5.74) is 5.30. The molecule has 0 saturated heterocycles. The van der Waals surface area contributed by atoms with Crippen molar-refractivity contribution in [3.05, 3.63) is 41.2 Å². The number of ether oxygens (including phenoxy) is 1. The number of rotatable bonds is 5. The van der Waals surface area contributed by atoms with Crippen LogP contribution in [0.4, 0.5) is 11.6 Å². The van der Waals surface area contributed by atoms with E-state index in [9.17, 15) is 0 Å². The van der Waals surface area contributed by atoms with Gasteiger partial charge in [-0.05, 0) is 46.8 Å². The van der Waals surface area contributed by atoms with Gasteiger partial charge >= 0.3 is 0 Å². The molecule has 0 aliphatic carbocycles. The molecule has 164 valence electrons. The highest BCUT2D eigenvalue weighted by molar-refractivity contribution is 6.13. The molecule has 0 aliphatic heterocycles. The Hall–Kier alpha value is -3.88. The Kier molecular flexibility index (Phi) is 4.61. The van der Waals surface area contributed by atoms with Crippen molar-refractivity contribution in [1.29, 1.82) is 0 Å². The van der Waals surface area contributed by atoms with Crippen LogP contribution in [0.3, 0.4) is 0 Å². The normalized spacial score (nSPS) is 11.6. The number of hydrogen-bond acceptors (Lipinski definition) is 7. The Labute approximate surface area is 184 Å².